The van der Waals surface area contributed by atoms with E-state index in [-0.39, 0.29) is 14.5 Å². The van der Waals surface area contributed by atoms with Crippen molar-refractivity contribution in [3.8, 4) is 0 Å². The molecule has 6 heteroatoms. The molecule has 2 unspecified atom stereocenters. The summed E-state index contributed by atoms with van der Waals surface area (Å²) in [6, 6.07) is 11.3. The van der Waals surface area contributed by atoms with Gasteiger partial charge in [0.2, 0.25) is 11.8 Å². The van der Waals surface area contributed by atoms with Gasteiger partial charge in [0.15, 0.2) is 11.6 Å². The summed E-state index contributed by atoms with van der Waals surface area (Å²) in [6.45, 7) is 4.45. The summed E-state index contributed by atoms with van der Waals surface area (Å²) < 4.78 is 27.2. The molecule has 3 rings (SSSR count). The number of hydrogen-bond acceptors (Lipinski definition) is 2. The first-order chi connectivity index (χ1) is 12.4. The zero-order chi connectivity index (χ0) is 18.8. The number of carbonyl (C=O) groups excluding carboxylic acids is 2. The van der Waals surface area contributed by atoms with Crippen LogP contribution < -0.4 is 10.6 Å². The zero-order valence-corrected chi connectivity index (χ0v) is 14.6. The molecule has 0 aromatic heterocycles. The molecule has 140 valence electrons. The molecule has 0 saturated carbocycles. The minimum atomic E-state index is -1.14. The number of benzene rings is 2. The molecule has 0 bridgehead atoms. The Labute approximate surface area is 153 Å². The number of carbonyl (C=O) groups is 2. The minimum absolute atomic E-state index is 0. The van der Waals surface area contributed by atoms with Crippen molar-refractivity contribution in [3.05, 3.63) is 65.2 Å². The topological polar surface area (TPSA) is 58.2 Å². The van der Waals surface area contributed by atoms with Crippen LogP contribution in [0.4, 0.5) is 14.5 Å². The fourth-order valence-corrected chi connectivity index (χ4v) is 3.19. The van der Waals surface area contributed by atoms with Gasteiger partial charge in [-0.1, -0.05) is 44.2 Å². The lowest BCUT2D eigenvalue weighted by molar-refractivity contribution is -0.130. The molecule has 1 aliphatic rings. The van der Waals surface area contributed by atoms with Crippen LogP contribution in [0.5, 0.6) is 0 Å². The van der Waals surface area contributed by atoms with Gasteiger partial charge in [-0.3, -0.25) is 9.59 Å². The highest BCUT2D eigenvalue weighted by Crippen LogP contribution is 2.32. The van der Waals surface area contributed by atoms with Gasteiger partial charge < -0.3 is 10.6 Å². The van der Waals surface area contributed by atoms with Crippen molar-refractivity contribution < 1.29 is 21.2 Å². The number of nitrogens with one attached hydrogen (secondary N) is 2. The SMILES string of the molecule is CC(C)c1cccc(C2CNC(=O)C2C(=O)Nc2cccc(F)c2F)c1.[HH].[HH]. The van der Waals surface area contributed by atoms with Crippen LogP contribution in [-0.4, -0.2) is 18.4 Å². The monoisotopic (exact) mass is 362 g/mol. The summed E-state index contributed by atoms with van der Waals surface area (Å²) in [7, 11) is 0. The first-order valence-electron chi connectivity index (χ1n) is 8.51. The molecule has 0 radical (unpaired) electrons. The molecule has 4 nitrogen and oxygen atoms in total. The van der Waals surface area contributed by atoms with Gasteiger partial charge in [-0.2, -0.15) is 0 Å². The quantitative estimate of drug-likeness (QED) is 0.806. The summed E-state index contributed by atoms with van der Waals surface area (Å²) in [4.78, 5) is 24.9. The van der Waals surface area contributed by atoms with E-state index in [4.69, 9.17) is 0 Å². The van der Waals surface area contributed by atoms with E-state index in [1.54, 1.807) is 0 Å². The van der Waals surface area contributed by atoms with Crippen molar-refractivity contribution in [3.63, 3.8) is 0 Å². The van der Waals surface area contributed by atoms with Crippen molar-refractivity contribution in [2.75, 3.05) is 11.9 Å². The van der Waals surface area contributed by atoms with E-state index in [0.29, 0.717) is 12.5 Å². The number of anilines is 1. The van der Waals surface area contributed by atoms with Crippen LogP contribution in [0.2, 0.25) is 0 Å². The van der Waals surface area contributed by atoms with Crippen LogP contribution >= 0.6 is 0 Å². The zero-order valence-electron chi connectivity index (χ0n) is 14.6. The lowest BCUT2D eigenvalue weighted by Gasteiger charge is -2.18. The van der Waals surface area contributed by atoms with Gasteiger partial charge in [0.25, 0.3) is 0 Å². The molecule has 2 N–H and O–H groups in total. The normalized spacial score (nSPS) is 19.5. The van der Waals surface area contributed by atoms with Crippen molar-refractivity contribution in [2.24, 2.45) is 5.92 Å². The summed E-state index contributed by atoms with van der Waals surface area (Å²) in [5, 5.41) is 5.04. The van der Waals surface area contributed by atoms with Crippen LogP contribution in [0, 0.1) is 17.6 Å². The number of rotatable bonds is 4. The van der Waals surface area contributed by atoms with Crippen molar-refractivity contribution >= 4 is 17.5 Å². The molecule has 0 aliphatic carbocycles. The molecule has 1 aliphatic heterocycles. The van der Waals surface area contributed by atoms with Crippen LogP contribution in [0.25, 0.3) is 0 Å². The molecule has 1 saturated heterocycles. The maximum atomic E-state index is 13.8. The minimum Gasteiger partial charge on any atom is -0.355 e. The molecule has 26 heavy (non-hydrogen) atoms. The molecule has 2 atom stereocenters. The number of halogens is 2. The third-order valence-corrected chi connectivity index (χ3v) is 4.68. The second kappa shape index (κ2) is 7.23. The third kappa shape index (κ3) is 3.45. The smallest absolute Gasteiger partial charge is 0.237 e. The van der Waals surface area contributed by atoms with E-state index in [9.17, 15) is 18.4 Å². The maximum absolute atomic E-state index is 13.8. The second-order valence-electron chi connectivity index (χ2n) is 6.74. The Morgan fingerprint density at radius 1 is 1.23 bits per heavy atom. The van der Waals surface area contributed by atoms with Crippen LogP contribution in [0.15, 0.2) is 42.5 Å². The van der Waals surface area contributed by atoms with Crippen LogP contribution in [0.1, 0.15) is 39.7 Å². The first-order valence-corrected chi connectivity index (χ1v) is 8.51. The predicted octanol–water partition coefficient (Wildman–Crippen LogP) is 4.05. The molecule has 1 heterocycles. The summed E-state index contributed by atoms with van der Waals surface area (Å²) in [6.07, 6.45) is 0. The Kier molecular flexibility index (Phi) is 5.02. The lowest BCUT2D eigenvalue weighted by Crippen LogP contribution is -2.32. The number of hydrogen-bond donors (Lipinski definition) is 2. The van der Waals surface area contributed by atoms with Crippen molar-refractivity contribution in [1.29, 1.82) is 0 Å². The standard InChI is InChI=1S/C20H20F2N2O2.2H2/c1-11(2)12-5-3-6-13(9-12)14-10-23-19(25)17(14)20(26)24-16-8-4-7-15(21)18(16)22;;/h3-9,11,14,17H,10H2,1-2H3,(H,23,25)(H,24,26);2*1H. The average molecular weight is 362 g/mol. The Balaban J connectivity index is 0.00000196. The van der Waals surface area contributed by atoms with Gasteiger partial charge in [-0.25, -0.2) is 8.78 Å². The van der Waals surface area contributed by atoms with E-state index >= 15 is 0 Å². The third-order valence-electron chi connectivity index (χ3n) is 4.68. The largest absolute Gasteiger partial charge is 0.355 e. The lowest BCUT2D eigenvalue weighted by atomic mass is 9.86. The van der Waals surface area contributed by atoms with E-state index in [1.165, 1.54) is 12.1 Å². The van der Waals surface area contributed by atoms with Gasteiger partial charge in [-0.15, -0.1) is 0 Å². The van der Waals surface area contributed by atoms with E-state index in [0.717, 1.165) is 17.2 Å². The van der Waals surface area contributed by atoms with Gasteiger partial charge in [-0.05, 0) is 29.2 Å². The van der Waals surface area contributed by atoms with Crippen LogP contribution in [0.3, 0.4) is 0 Å². The van der Waals surface area contributed by atoms with Crippen molar-refractivity contribution in [2.45, 2.75) is 25.7 Å². The molecule has 1 fully saturated rings. The van der Waals surface area contributed by atoms with Crippen LogP contribution in [-0.2, 0) is 9.59 Å². The van der Waals surface area contributed by atoms with Gasteiger partial charge in [0, 0.05) is 15.3 Å². The van der Waals surface area contributed by atoms with Crippen molar-refractivity contribution in [1.82, 2.24) is 5.32 Å². The maximum Gasteiger partial charge on any atom is 0.237 e. The van der Waals surface area contributed by atoms with Gasteiger partial charge in [0.05, 0.1) is 5.69 Å². The molecule has 2 aromatic rings. The summed E-state index contributed by atoms with van der Waals surface area (Å²) in [5.41, 5.74) is 1.70. The molecular formula is C20H24F2N2O2. The Hall–Kier alpha value is -2.76. The first kappa shape index (κ1) is 18.0. The van der Waals surface area contributed by atoms with E-state index in [1.807, 2.05) is 24.3 Å². The molecule has 0 spiro atoms. The molecule has 2 amide bonds. The van der Waals surface area contributed by atoms with E-state index < -0.39 is 29.4 Å². The van der Waals surface area contributed by atoms with Gasteiger partial charge >= 0.3 is 0 Å². The summed E-state index contributed by atoms with van der Waals surface area (Å²) >= 11 is 0. The highest BCUT2D eigenvalue weighted by Gasteiger charge is 2.41. The van der Waals surface area contributed by atoms with E-state index in [2.05, 4.69) is 24.5 Å². The highest BCUT2D eigenvalue weighted by atomic mass is 19.2. The Morgan fingerprint density at radius 2 is 1.96 bits per heavy atom. The molecule has 2 aromatic carbocycles. The average Bonchev–Trinajstić information content (AvgIpc) is 3.00. The Morgan fingerprint density at radius 3 is 2.69 bits per heavy atom. The fraction of sp³-hybridized carbons (Fsp3) is 0.300. The predicted molar refractivity (Wildman–Crippen MR) is 99.0 cm³/mol. The van der Waals surface area contributed by atoms with Gasteiger partial charge in [0.1, 0.15) is 5.92 Å². The highest BCUT2D eigenvalue weighted by molar-refractivity contribution is 6.08. The second-order valence-corrected chi connectivity index (χ2v) is 6.74. The fourth-order valence-electron chi connectivity index (χ4n) is 3.19. The number of amides is 2. The summed E-state index contributed by atoms with van der Waals surface area (Å²) in [5.74, 6) is -4.31. The molecular weight excluding hydrogens is 338 g/mol. The Bertz CT molecular complexity index is 862.